The molecule has 0 spiro atoms. The van der Waals surface area contributed by atoms with Gasteiger partial charge in [0.1, 0.15) is 5.60 Å². The molecule has 0 aromatic heterocycles. The van der Waals surface area contributed by atoms with Crippen LogP contribution in [0.4, 0.5) is 0 Å². The molecule has 0 aromatic carbocycles. The van der Waals surface area contributed by atoms with Crippen molar-refractivity contribution in [1.29, 1.82) is 0 Å². The molecule has 1 unspecified atom stereocenters. The molecule has 0 radical (unpaired) electrons. The van der Waals surface area contributed by atoms with Gasteiger partial charge in [-0.2, -0.15) is 0 Å². The van der Waals surface area contributed by atoms with Gasteiger partial charge in [0.25, 0.3) is 0 Å². The normalized spacial score (nSPS) is 13.2. The number of esters is 1. The van der Waals surface area contributed by atoms with Gasteiger partial charge in [-0.05, 0) is 34.1 Å². The lowest BCUT2D eigenvalue weighted by Gasteiger charge is -2.20. The van der Waals surface area contributed by atoms with Crippen molar-refractivity contribution >= 4 is 11.9 Å². The third-order valence-electron chi connectivity index (χ3n) is 1.81. The monoisotopic (exact) mass is 231 g/mol. The molecule has 0 heterocycles. The van der Waals surface area contributed by atoms with Gasteiger partial charge < -0.3 is 15.2 Å². The van der Waals surface area contributed by atoms with E-state index in [9.17, 15) is 9.59 Å². The topological polar surface area (TPSA) is 75.6 Å². The molecule has 0 amide bonds. The minimum absolute atomic E-state index is 0.0105. The molecule has 0 aliphatic rings. The molecule has 1 atom stereocenters. The molecular formula is C11H21NO4. The van der Waals surface area contributed by atoms with E-state index in [2.05, 4.69) is 5.32 Å². The number of aliphatic carboxylic acids is 1. The fourth-order valence-electron chi connectivity index (χ4n) is 1.08. The maximum atomic E-state index is 11.3. The van der Waals surface area contributed by atoms with E-state index in [-0.39, 0.29) is 25.0 Å². The van der Waals surface area contributed by atoms with E-state index in [4.69, 9.17) is 9.84 Å². The highest BCUT2D eigenvalue weighted by Crippen LogP contribution is 2.06. The maximum Gasteiger partial charge on any atom is 0.320 e. The van der Waals surface area contributed by atoms with Gasteiger partial charge in [-0.15, -0.1) is 0 Å². The molecule has 0 rings (SSSR count). The van der Waals surface area contributed by atoms with Crippen molar-refractivity contribution in [3.63, 3.8) is 0 Å². The number of hydrogen-bond donors (Lipinski definition) is 2. The number of rotatable bonds is 6. The fraction of sp³-hybridized carbons (Fsp3) is 0.818. The highest BCUT2D eigenvalue weighted by atomic mass is 16.6. The maximum absolute atomic E-state index is 11.3. The molecule has 5 nitrogen and oxygen atoms in total. The molecule has 0 saturated carbocycles. The standard InChI is InChI=1S/C11H21NO4/c1-8(5-6-9(13)14)12-7-10(15)16-11(2,3)4/h8,12H,5-7H2,1-4H3,(H,13,14). The quantitative estimate of drug-likeness (QED) is 0.671. The van der Waals surface area contributed by atoms with Crippen molar-refractivity contribution in [2.24, 2.45) is 0 Å². The number of hydrogen-bond acceptors (Lipinski definition) is 4. The second-order valence-corrected chi connectivity index (χ2v) is 4.80. The first-order valence-electron chi connectivity index (χ1n) is 5.38. The smallest absolute Gasteiger partial charge is 0.320 e. The van der Waals surface area contributed by atoms with Crippen molar-refractivity contribution in [3.8, 4) is 0 Å². The molecule has 0 fully saturated rings. The Kier molecular flexibility index (Phi) is 6.03. The summed E-state index contributed by atoms with van der Waals surface area (Å²) in [7, 11) is 0. The number of carboxylic acid groups (broad SMARTS) is 1. The van der Waals surface area contributed by atoms with Crippen LogP contribution in [0, 0.1) is 0 Å². The molecule has 0 aliphatic heterocycles. The molecule has 0 saturated heterocycles. The van der Waals surface area contributed by atoms with Gasteiger partial charge >= 0.3 is 11.9 Å². The van der Waals surface area contributed by atoms with Crippen LogP contribution in [0.15, 0.2) is 0 Å². The second-order valence-electron chi connectivity index (χ2n) is 4.80. The molecule has 2 N–H and O–H groups in total. The predicted octanol–water partition coefficient (Wildman–Crippen LogP) is 1.17. The minimum atomic E-state index is -0.828. The lowest BCUT2D eigenvalue weighted by Crippen LogP contribution is -2.36. The fourth-order valence-corrected chi connectivity index (χ4v) is 1.08. The van der Waals surface area contributed by atoms with Crippen LogP contribution in [0.25, 0.3) is 0 Å². The highest BCUT2D eigenvalue weighted by Gasteiger charge is 2.16. The lowest BCUT2D eigenvalue weighted by atomic mass is 10.2. The van der Waals surface area contributed by atoms with Crippen LogP contribution in [0.3, 0.4) is 0 Å². The summed E-state index contributed by atoms with van der Waals surface area (Å²) in [6.07, 6.45) is 0.598. The third-order valence-corrected chi connectivity index (χ3v) is 1.81. The lowest BCUT2D eigenvalue weighted by molar-refractivity contribution is -0.153. The molecule has 0 aromatic rings. The van der Waals surface area contributed by atoms with Crippen molar-refractivity contribution in [2.45, 2.75) is 52.2 Å². The number of carbonyl (C=O) groups is 2. The van der Waals surface area contributed by atoms with Gasteiger partial charge in [-0.3, -0.25) is 9.59 Å². The van der Waals surface area contributed by atoms with E-state index in [0.717, 1.165) is 0 Å². The van der Waals surface area contributed by atoms with Crippen LogP contribution < -0.4 is 5.32 Å². The average molecular weight is 231 g/mol. The first kappa shape index (κ1) is 14.9. The molecule has 5 heteroatoms. The van der Waals surface area contributed by atoms with Gasteiger partial charge in [0, 0.05) is 12.5 Å². The Hall–Kier alpha value is -1.10. The van der Waals surface area contributed by atoms with Crippen molar-refractivity contribution in [1.82, 2.24) is 5.32 Å². The Morgan fingerprint density at radius 3 is 2.38 bits per heavy atom. The second kappa shape index (κ2) is 6.48. The zero-order valence-electron chi connectivity index (χ0n) is 10.4. The Balaban J connectivity index is 3.71. The van der Waals surface area contributed by atoms with Crippen molar-refractivity contribution in [3.05, 3.63) is 0 Å². The highest BCUT2D eigenvalue weighted by molar-refractivity contribution is 5.72. The Bertz CT molecular complexity index is 245. The van der Waals surface area contributed by atoms with E-state index in [1.54, 1.807) is 20.8 Å². The van der Waals surface area contributed by atoms with Gasteiger partial charge in [0.2, 0.25) is 0 Å². The first-order chi connectivity index (χ1) is 7.20. The van der Waals surface area contributed by atoms with Crippen LogP contribution >= 0.6 is 0 Å². The summed E-state index contributed by atoms with van der Waals surface area (Å²) in [5.41, 5.74) is -0.483. The SMILES string of the molecule is CC(CCC(=O)O)NCC(=O)OC(C)(C)C. The summed E-state index contributed by atoms with van der Waals surface area (Å²) < 4.78 is 5.10. The van der Waals surface area contributed by atoms with E-state index in [1.165, 1.54) is 0 Å². The van der Waals surface area contributed by atoms with Crippen LogP contribution in [-0.4, -0.2) is 35.2 Å². The van der Waals surface area contributed by atoms with Crippen LogP contribution in [0.5, 0.6) is 0 Å². The zero-order valence-corrected chi connectivity index (χ0v) is 10.4. The molecule has 0 bridgehead atoms. The number of ether oxygens (including phenoxy) is 1. The zero-order chi connectivity index (χ0) is 12.8. The Morgan fingerprint density at radius 2 is 1.94 bits per heavy atom. The number of nitrogens with one attached hydrogen (secondary N) is 1. The minimum Gasteiger partial charge on any atom is -0.481 e. The Morgan fingerprint density at radius 1 is 1.38 bits per heavy atom. The summed E-state index contributed by atoms with van der Waals surface area (Å²) in [4.78, 5) is 21.6. The van der Waals surface area contributed by atoms with E-state index < -0.39 is 11.6 Å². The van der Waals surface area contributed by atoms with Gasteiger partial charge in [-0.1, -0.05) is 0 Å². The van der Waals surface area contributed by atoms with Crippen molar-refractivity contribution < 1.29 is 19.4 Å². The summed E-state index contributed by atoms with van der Waals surface area (Å²) in [6, 6.07) is -0.0105. The van der Waals surface area contributed by atoms with Crippen LogP contribution in [-0.2, 0) is 14.3 Å². The summed E-state index contributed by atoms with van der Waals surface area (Å²) in [5.74, 6) is -1.15. The van der Waals surface area contributed by atoms with Gasteiger partial charge in [0.15, 0.2) is 0 Å². The third kappa shape index (κ3) is 9.45. The van der Waals surface area contributed by atoms with E-state index >= 15 is 0 Å². The largest absolute Gasteiger partial charge is 0.481 e. The summed E-state index contributed by atoms with van der Waals surface area (Å²) >= 11 is 0. The average Bonchev–Trinajstić information content (AvgIpc) is 2.08. The Labute approximate surface area is 96.2 Å². The summed E-state index contributed by atoms with van der Waals surface area (Å²) in [5, 5.41) is 11.4. The van der Waals surface area contributed by atoms with E-state index in [0.29, 0.717) is 6.42 Å². The predicted molar refractivity (Wildman–Crippen MR) is 60.2 cm³/mol. The van der Waals surface area contributed by atoms with Crippen LogP contribution in [0.2, 0.25) is 0 Å². The first-order valence-corrected chi connectivity index (χ1v) is 5.38. The van der Waals surface area contributed by atoms with E-state index in [1.807, 2.05) is 6.92 Å². The molecule has 94 valence electrons. The molecular weight excluding hydrogens is 210 g/mol. The number of carbonyl (C=O) groups excluding carboxylic acids is 1. The van der Waals surface area contributed by atoms with Crippen molar-refractivity contribution in [2.75, 3.05) is 6.54 Å². The molecule has 0 aliphatic carbocycles. The number of carboxylic acids is 1. The van der Waals surface area contributed by atoms with Gasteiger partial charge in [0.05, 0.1) is 6.54 Å². The van der Waals surface area contributed by atoms with Crippen LogP contribution in [0.1, 0.15) is 40.5 Å². The summed E-state index contributed by atoms with van der Waals surface area (Å²) in [6.45, 7) is 7.36. The van der Waals surface area contributed by atoms with Gasteiger partial charge in [-0.25, -0.2) is 0 Å². The molecule has 16 heavy (non-hydrogen) atoms.